The Bertz CT molecular complexity index is 806. The molecule has 2 aromatic rings. The van der Waals surface area contributed by atoms with E-state index in [4.69, 9.17) is 0 Å². The molecule has 7 heteroatoms. The minimum Gasteiger partial charge on any atom is -0.352 e. The number of nitrogens with one attached hydrogen (secondary N) is 2. The predicted octanol–water partition coefficient (Wildman–Crippen LogP) is 2.77. The van der Waals surface area contributed by atoms with Crippen LogP contribution in [0.2, 0.25) is 0 Å². The van der Waals surface area contributed by atoms with Gasteiger partial charge in [0.15, 0.2) is 0 Å². The maximum atomic E-state index is 13.2. The molecule has 0 aliphatic rings. The lowest BCUT2D eigenvalue weighted by atomic mass is 10.1. The van der Waals surface area contributed by atoms with Crippen molar-refractivity contribution in [1.82, 2.24) is 5.32 Å². The predicted molar refractivity (Wildman–Crippen MR) is 86.3 cm³/mol. The molecule has 0 bridgehead atoms. The van der Waals surface area contributed by atoms with Crippen LogP contribution in [0, 0.1) is 5.82 Å². The van der Waals surface area contributed by atoms with Crippen molar-refractivity contribution in [2.45, 2.75) is 18.2 Å². The van der Waals surface area contributed by atoms with E-state index >= 15 is 0 Å². The van der Waals surface area contributed by atoms with Gasteiger partial charge in [-0.15, -0.1) is 0 Å². The Morgan fingerprint density at radius 3 is 2.57 bits per heavy atom. The summed E-state index contributed by atoms with van der Waals surface area (Å²) < 4.78 is 40.2. The van der Waals surface area contributed by atoms with Crippen molar-refractivity contribution in [3.63, 3.8) is 0 Å². The Hall–Kier alpha value is -2.41. The van der Waals surface area contributed by atoms with Crippen molar-refractivity contribution in [3.8, 4) is 0 Å². The molecule has 2 N–H and O–H groups in total. The number of amides is 1. The molecule has 0 unspecified atom stereocenters. The summed E-state index contributed by atoms with van der Waals surface area (Å²) in [4.78, 5) is 11.9. The lowest BCUT2D eigenvalue weighted by Gasteiger charge is -2.12. The lowest BCUT2D eigenvalue weighted by molar-refractivity contribution is 0.0954. The molecule has 0 fully saturated rings. The number of para-hydroxylation sites is 1. The number of halogens is 1. The number of rotatable bonds is 6. The summed E-state index contributed by atoms with van der Waals surface area (Å²) >= 11 is 0. The average molecular weight is 336 g/mol. The van der Waals surface area contributed by atoms with Gasteiger partial charge in [-0.3, -0.25) is 9.52 Å². The van der Waals surface area contributed by atoms with E-state index in [-0.39, 0.29) is 22.1 Å². The first kappa shape index (κ1) is 17.0. The van der Waals surface area contributed by atoms with E-state index in [9.17, 15) is 17.6 Å². The molecule has 122 valence electrons. The number of sulfonamides is 1. The van der Waals surface area contributed by atoms with Gasteiger partial charge in [-0.25, -0.2) is 12.8 Å². The fourth-order valence-corrected chi connectivity index (χ4v) is 3.05. The van der Waals surface area contributed by atoms with Gasteiger partial charge in [0.05, 0.1) is 16.1 Å². The smallest absolute Gasteiger partial charge is 0.262 e. The monoisotopic (exact) mass is 336 g/mol. The van der Waals surface area contributed by atoms with Crippen molar-refractivity contribution in [2.75, 3.05) is 11.3 Å². The topological polar surface area (TPSA) is 75.3 Å². The second-order valence-electron chi connectivity index (χ2n) is 4.86. The quantitative estimate of drug-likeness (QED) is 0.852. The first-order chi connectivity index (χ1) is 10.9. The third-order valence-corrected chi connectivity index (χ3v) is 4.42. The normalized spacial score (nSPS) is 11.0. The van der Waals surface area contributed by atoms with E-state index < -0.39 is 15.8 Å². The first-order valence-electron chi connectivity index (χ1n) is 7.09. The largest absolute Gasteiger partial charge is 0.352 e. The van der Waals surface area contributed by atoms with Crippen LogP contribution >= 0.6 is 0 Å². The summed E-state index contributed by atoms with van der Waals surface area (Å²) in [5, 5.41) is 2.69. The van der Waals surface area contributed by atoms with E-state index in [2.05, 4.69) is 10.0 Å². The molecule has 2 aromatic carbocycles. The fourth-order valence-electron chi connectivity index (χ4n) is 1.94. The molecule has 1 amide bonds. The highest BCUT2D eigenvalue weighted by Crippen LogP contribution is 2.20. The average Bonchev–Trinajstić information content (AvgIpc) is 2.53. The van der Waals surface area contributed by atoms with Gasteiger partial charge < -0.3 is 5.32 Å². The first-order valence-corrected chi connectivity index (χ1v) is 8.58. The number of hydrogen-bond donors (Lipinski definition) is 2. The summed E-state index contributed by atoms with van der Waals surface area (Å²) in [6.07, 6.45) is 0.767. The van der Waals surface area contributed by atoms with Crippen LogP contribution in [-0.2, 0) is 10.0 Å². The van der Waals surface area contributed by atoms with Gasteiger partial charge in [0.2, 0.25) is 0 Å². The molecule has 0 aliphatic heterocycles. The highest BCUT2D eigenvalue weighted by molar-refractivity contribution is 7.92. The van der Waals surface area contributed by atoms with Gasteiger partial charge in [0.25, 0.3) is 15.9 Å². The number of carbonyl (C=O) groups excluding carboxylic acids is 1. The fraction of sp³-hybridized carbons (Fsp3) is 0.188. The zero-order valence-electron chi connectivity index (χ0n) is 12.5. The summed E-state index contributed by atoms with van der Waals surface area (Å²) in [6, 6.07) is 10.9. The Balaban J connectivity index is 2.31. The van der Waals surface area contributed by atoms with Gasteiger partial charge in [0.1, 0.15) is 5.82 Å². The molecule has 0 aliphatic carbocycles. The van der Waals surface area contributed by atoms with Crippen LogP contribution in [0.25, 0.3) is 0 Å². The van der Waals surface area contributed by atoms with Crippen LogP contribution in [0.15, 0.2) is 53.4 Å². The van der Waals surface area contributed by atoms with Crippen LogP contribution in [0.3, 0.4) is 0 Å². The highest BCUT2D eigenvalue weighted by atomic mass is 32.2. The molecule has 23 heavy (non-hydrogen) atoms. The van der Waals surface area contributed by atoms with Crippen molar-refractivity contribution in [1.29, 1.82) is 0 Å². The van der Waals surface area contributed by atoms with Crippen LogP contribution in [-0.4, -0.2) is 20.9 Å². The van der Waals surface area contributed by atoms with Crippen molar-refractivity contribution in [3.05, 3.63) is 59.9 Å². The van der Waals surface area contributed by atoms with Crippen molar-refractivity contribution in [2.24, 2.45) is 0 Å². The van der Waals surface area contributed by atoms with E-state index in [1.807, 2.05) is 6.92 Å². The Morgan fingerprint density at radius 1 is 1.13 bits per heavy atom. The second kappa shape index (κ2) is 7.23. The van der Waals surface area contributed by atoms with Gasteiger partial charge in [-0.2, -0.15) is 0 Å². The van der Waals surface area contributed by atoms with Crippen LogP contribution in [0.1, 0.15) is 23.7 Å². The standard InChI is InChI=1S/C16H17FN2O3S/c1-2-10-18-16(20)14-8-3-4-9-15(14)19-23(21,22)13-7-5-6-12(17)11-13/h3-9,11,19H,2,10H2,1H3,(H,18,20). The molecule has 0 aromatic heterocycles. The molecule has 2 rings (SSSR count). The zero-order chi connectivity index (χ0) is 16.9. The van der Waals surface area contributed by atoms with Crippen molar-refractivity contribution >= 4 is 21.6 Å². The zero-order valence-corrected chi connectivity index (χ0v) is 13.4. The third-order valence-electron chi connectivity index (χ3n) is 3.06. The van der Waals surface area contributed by atoms with E-state index in [0.29, 0.717) is 6.54 Å². The van der Waals surface area contributed by atoms with E-state index in [1.165, 1.54) is 24.3 Å². The second-order valence-corrected chi connectivity index (χ2v) is 6.55. The van der Waals surface area contributed by atoms with Crippen LogP contribution in [0.4, 0.5) is 10.1 Å². The van der Waals surface area contributed by atoms with Gasteiger partial charge in [-0.05, 0) is 36.8 Å². The van der Waals surface area contributed by atoms with E-state index in [1.54, 1.807) is 12.1 Å². The highest BCUT2D eigenvalue weighted by Gasteiger charge is 2.18. The summed E-state index contributed by atoms with van der Waals surface area (Å²) in [5.74, 6) is -1.02. The number of benzene rings is 2. The molecule has 0 saturated heterocycles. The summed E-state index contributed by atoms with van der Waals surface area (Å²) in [6.45, 7) is 2.41. The van der Waals surface area contributed by atoms with Crippen molar-refractivity contribution < 1.29 is 17.6 Å². The Labute approximate surface area is 134 Å². The van der Waals surface area contributed by atoms with Crippen LogP contribution < -0.4 is 10.0 Å². The third kappa shape index (κ3) is 4.29. The number of anilines is 1. The summed E-state index contributed by atoms with van der Waals surface area (Å²) in [7, 11) is -3.98. The molecule has 0 spiro atoms. The SMILES string of the molecule is CCCNC(=O)c1ccccc1NS(=O)(=O)c1cccc(F)c1. The maximum absolute atomic E-state index is 13.2. The maximum Gasteiger partial charge on any atom is 0.262 e. The van der Waals surface area contributed by atoms with E-state index in [0.717, 1.165) is 18.6 Å². The Morgan fingerprint density at radius 2 is 1.87 bits per heavy atom. The minimum atomic E-state index is -3.98. The van der Waals surface area contributed by atoms with Gasteiger partial charge in [-0.1, -0.05) is 25.1 Å². The van der Waals surface area contributed by atoms with Crippen LogP contribution in [0.5, 0.6) is 0 Å². The molecular formula is C16H17FN2O3S. The summed E-state index contributed by atoms with van der Waals surface area (Å²) in [5.41, 5.74) is 0.353. The molecule has 0 atom stereocenters. The molecular weight excluding hydrogens is 319 g/mol. The van der Waals surface area contributed by atoms with Gasteiger partial charge >= 0.3 is 0 Å². The molecule has 5 nitrogen and oxygen atoms in total. The molecule has 0 radical (unpaired) electrons. The molecule has 0 heterocycles. The number of hydrogen-bond acceptors (Lipinski definition) is 3. The minimum absolute atomic E-state index is 0.144. The van der Waals surface area contributed by atoms with Gasteiger partial charge in [0, 0.05) is 6.54 Å². The number of carbonyl (C=O) groups is 1. The lowest BCUT2D eigenvalue weighted by Crippen LogP contribution is -2.25. The Kier molecular flexibility index (Phi) is 5.33. The molecule has 0 saturated carbocycles.